The maximum atomic E-state index is 16.1. The van der Waals surface area contributed by atoms with E-state index >= 15 is 4.79 Å². The van der Waals surface area contributed by atoms with Gasteiger partial charge in [-0.05, 0) is 61.3 Å². The summed E-state index contributed by atoms with van der Waals surface area (Å²) in [5.74, 6) is -3.25. The Morgan fingerprint density at radius 2 is 1.62 bits per heavy atom. The van der Waals surface area contributed by atoms with E-state index in [2.05, 4.69) is 0 Å². The normalized spacial score (nSPS) is 34.2. The second kappa shape index (κ2) is 15.4. The van der Waals surface area contributed by atoms with Gasteiger partial charge in [0.25, 0.3) is 0 Å². The molecule has 1 N–H and O–H groups in total. The number of fused-ring (bicyclic) bond motifs is 5. The van der Waals surface area contributed by atoms with E-state index in [9.17, 15) is 19.5 Å². The highest BCUT2D eigenvalue weighted by atomic mass is 28.4. The van der Waals surface area contributed by atoms with Crippen molar-refractivity contribution in [3.8, 4) is 0 Å². The summed E-state index contributed by atoms with van der Waals surface area (Å²) < 4.78 is 51.4. The molecule has 2 unspecified atom stereocenters. The van der Waals surface area contributed by atoms with Crippen molar-refractivity contribution in [1.82, 2.24) is 0 Å². The number of ketones is 1. The molecule has 1 aromatic rings. The zero-order chi connectivity index (χ0) is 41.1. The molecular weight excluding hydrogens is 745 g/mol. The summed E-state index contributed by atoms with van der Waals surface area (Å²) in [4.78, 5) is 57.1. The van der Waals surface area contributed by atoms with Gasteiger partial charge in [-0.3, -0.25) is 9.59 Å². The van der Waals surface area contributed by atoms with Crippen molar-refractivity contribution >= 4 is 41.5 Å². The van der Waals surface area contributed by atoms with Crippen molar-refractivity contribution < 1.29 is 61.2 Å². The fraction of sp³-hybridized carbons (Fsp3) is 0.700. The first-order valence-corrected chi connectivity index (χ1v) is 23.5. The van der Waals surface area contributed by atoms with Crippen LogP contribution in [0.15, 0.2) is 41.5 Å². The summed E-state index contributed by atoms with van der Waals surface area (Å²) in [6.07, 6.45) is -6.97. The van der Waals surface area contributed by atoms with Crippen LogP contribution in [0.4, 0.5) is 4.79 Å². The van der Waals surface area contributed by atoms with E-state index in [0.29, 0.717) is 11.1 Å². The Hall–Kier alpha value is -2.93. The van der Waals surface area contributed by atoms with Gasteiger partial charge >= 0.3 is 26.7 Å². The Balaban J connectivity index is 1.96. The van der Waals surface area contributed by atoms with Gasteiger partial charge in [-0.25, -0.2) is 9.59 Å². The van der Waals surface area contributed by atoms with Gasteiger partial charge < -0.3 is 42.1 Å². The summed E-state index contributed by atoms with van der Waals surface area (Å²) in [7, 11) is -2.13. The molecule has 2 bridgehead atoms. The molecule has 9 atom stereocenters. The average Bonchev–Trinajstić information content (AvgIpc) is 3.10. The zero-order valence-corrected chi connectivity index (χ0v) is 36.5. The number of carbonyl (C=O) groups excluding carboxylic acids is 4. The van der Waals surface area contributed by atoms with Gasteiger partial charge in [-0.1, -0.05) is 59.7 Å². The zero-order valence-electron chi connectivity index (χ0n) is 34.5. The molecule has 0 amide bonds. The van der Waals surface area contributed by atoms with Gasteiger partial charge in [-0.2, -0.15) is 0 Å². The fourth-order valence-corrected chi connectivity index (χ4v) is 15.1. The van der Waals surface area contributed by atoms with E-state index < -0.39 is 99.9 Å². The molecule has 55 heavy (non-hydrogen) atoms. The first-order valence-electron chi connectivity index (χ1n) is 19.1. The highest BCUT2D eigenvalue weighted by Crippen LogP contribution is 2.66. The molecule has 15 heteroatoms. The number of hydrogen-bond acceptors (Lipinski definition) is 13. The molecule has 305 valence electrons. The van der Waals surface area contributed by atoms with Crippen molar-refractivity contribution in [3.63, 3.8) is 0 Å². The Bertz CT molecular complexity index is 1670. The summed E-state index contributed by atoms with van der Waals surface area (Å²) in [6, 6.07) is 8.45. The highest BCUT2D eigenvalue weighted by Gasteiger charge is 2.79. The first kappa shape index (κ1) is 43.2. The van der Waals surface area contributed by atoms with Crippen LogP contribution in [0.3, 0.4) is 0 Å². The highest BCUT2D eigenvalue weighted by molar-refractivity contribution is 6.70. The largest absolute Gasteiger partial charge is 0.508 e. The van der Waals surface area contributed by atoms with Gasteiger partial charge in [0.2, 0.25) is 9.04 Å². The number of aliphatic hydroxyl groups excluding tert-OH is 1. The SMILES string of the molecule is COC(=O)O[C@@]12COC1C[C@H](O[Si](OC)(C(C)C)C(C)C)[C@@]1(C)C(=O)[C@H](OC(C)=O)C3=C(C)[C@@H](O)C[C@@](O[Si](C)C)([C@@H](OC(=O)c4ccccc4)C21)C3(C)C. The minimum atomic E-state index is -3.21. The van der Waals surface area contributed by atoms with Crippen LogP contribution in [-0.4, -0.2) is 109 Å². The van der Waals surface area contributed by atoms with E-state index in [1.54, 1.807) is 51.3 Å². The minimum Gasteiger partial charge on any atom is -0.455 e. The van der Waals surface area contributed by atoms with Gasteiger partial charge in [0.1, 0.15) is 17.8 Å². The van der Waals surface area contributed by atoms with E-state index in [4.69, 9.17) is 37.0 Å². The maximum absolute atomic E-state index is 16.1. The molecule has 4 aliphatic rings. The number of rotatable bonds is 11. The third kappa shape index (κ3) is 6.74. The lowest BCUT2D eigenvalue weighted by molar-refractivity contribution is -0.341. The van der Waals surface area contributed by atoms with Crippen molar-refractivity contribution in [2.24, 2.45) is 16.7 Å². The maximum Gasteiger partial charge on any atom is 0.508 e. The van der Waals surface area contributed by atoms with Crippen LogP contribution in [0.1, 0.15) is 85.5 Å². The molecule has 3 fully saturated rings. The van der Waals surface area contributed by atoms with Gasteiger partial charge in [0.15, 0.2) is 17.5 Å². The lowest BCUT2D eigenvalue weighted by Gasteiger charge is -2.69. The molecule has 1 aromatic carbocycles. The summed E-state index contributed by atoms with van der Waals surface area (Å²) in [6.45, 7) is 20.2. The monoisotopic (exact) mass is 803 g/mol. The molecule has 5 rings (SSSR count). The van der Waals surface area contributed by atoms with Gasteiger partial charge in [0.05, 0.1) is 42.8 Å². The van der Waals surface area contributed by atoms with Crippen LogP contribution in [0.2, 0.25) is 24.2 Å². The Labute approximate surface area is 327 Å². The number of methoxy groups -OCH3 is 1. The van der Waals surface area contributed by atoms with E-state index in [1.807, 2.05) is 54.6 Å². The van der Waals surface area contributed by atoms with Crippen molar-refractivity contribution in [2.75, 3.05) is 20.8 Å². The number of hydrogen-bond donors (Lipinski definition) is 1. The second-order valence-electron chi connectivity index (χ2n) is 17.0. The summed E-state index contributed by atoms with van der Waals surface area (Å²) >= 11 is 0. The molecule has 1 saturated heterocycles. The Kier molecular flexibility index (Phi) is 12.1. The Morgan fingerprint density at radius 3 is 2.11 bits per heavy atom. The van der Waals surface area contributed by atoms with Crippen molar-refractivity contribution in [1.29, 1.82) is 0 Å². The number of ether oxygens (including phenoxy) is 5. The molecule has 0 spiro atoms. The topological polar surface area (TPSA) is 162 Å². The second-order valence-corrected chi connectivity index (χ2v) is 23.5. The van der Waals surface area contributed by atoms with Crippen LogP contribution in [0.5, 0.6) is 0 Å². The third-order valence-electron chi connectivity index (χ3n) is 12.9. The molecule has 1 aliphatic heterocycles. The van der Waals surface area contributed by atoms with Crippen LogP contribution in [-0.2, 0) is 46.6 Å². The molecule has 3 aliphatic carbocycles. The number of aliphatic hydroxyl groups is 1. The molecule has 1 radical (unpaired) electrons. The van der Waals surface area contributed by atoms with E-state index in [-0.39, 0.29) is 36.1 Å². The van der Waals surface area contributed by atoms with Crippen molar-refractivity contribution in [3.05, 3.63) is 47.0 Å². The average molecular weight is 804 g/mol. The smallest absolute Gasteiger partial charge is 0.455 e. The molecular formula is C40H59O13Si2. The van der Waals surface area contributed by atoms with Gasteiger partial charge in [-0.15, -0.1) is 0 Å². The van der Waals surface area contributed by atoms with Crippen LogP contribution in [0.25, 0.3) is 0 Å². The quantitative estimate of drug-likeness (QED) is 0.119. The molecule has 1 heterocycles. The fourth-order valence-electron chi connectivity index (χ4n) is 10.2. The predicted molar refractivity (Wildman–Crippen MR) is 205 cm³/mol. The molecule has 13 nitrogen and oxygen atoms in total. The van der Waals surface area contributed by atoms with Crippen LogP contribution < -0.4 is 0 Å². The summed E-state index contributed by atoms with van der Waals surface area (Å²) in [5.41, 5.74) is -5.33. The lowest BCUT2D eigenvalue weighted by atomic mass is 9.44. The lowest BCUT2D eigenvalue weighted by Crippen LogP contribution is -2.83. The van der Waals surface area contributed by atoms with E-state index in [1.165, 1.54) is 14.0 Å². The Morgan fingerprint density at radius 1 is 1.00 bits per heavy atom. The van der Waals surface area contributed by atoms with Crippen molar-refractivity contribution in [2.45, 2.75) is 141 Å². The summed E-state index contributed by atoms with van der Waals surface area (Å²) in [5, 5.41) is 12.0. The van der Waals surface area contributed by atoms with E-state index in [0.717, 1.165) is 0 Å². The third-order valence-corrected chi connectivity index (χ3v) is 18.2. The first-order chi connectivity index (χ1) is 25.6. The van der Waals surface area contributed by atoms with Crippen LogP contribution in [0, 0.1) is 16.7 Å². The minimum absolute atomic E-state index is 0.0639. The molecule has 2 saturated carbocycles. The van der Waals surface area contributed by atoms with Gasteiger partial charge in [0, 0.05) is 32.3 Å². The number of benzene rings is 1. The molecule has 0 aromatic heterocycles. The number of carbonyl (C=O) groups is 4. The predicted octanol–water partition coefficient (Wildman–Crippen LogP) is 6.08. The standard InChI is InChI=1S/C40H59O13Si2/c1-22(2)55(47-11,23(3)4)52-28-19-29-39(21-48-29,51-36(45)46-10)32-34(50-35(44)26-17-15-14-16-18-26)40(53-54(12)13)20-27(42)24(5)30(37(40,7)8)31(49-25(6)41)33(43)38(28,32)9/h14-18,22-23,27-29,31-32,34,42H,19-21H2,1-13H3/t27-,28-,29?,31+,32?,34-,38+,39-,40+/m0/s1. The number of esters is 2. The number of Topliss-reactive ketones (excluding diaryl/α,β-unsaturated/α-hetero) is 1. The van der Waals surface area contributed by atoms with Crippen LogP contribution >= 0.6 is 0 Å².